The lowest BCUT2D eigenvalue weighted by molar-refractivity contribution is -0.209. The van der Waals surface area contributed by atoms with Crippen molar-refractivity contribution in [2.24, 2.45) is 45.4 Å². The number of likely N-dealkylation sites (N-methyl/N-ethyl adjacent to an activating group) is 1. The van der Waals surface area contributed by atoms with Gasteiger partial charge in [-0.25, -0.2) is 0 Å². The summed E-state index contributed by atoms with van der Waals surface area (Å²) < 4.78 is 6.41. The van der Waals surface area contributed by atoms with Gasteiger partial charge in [0.25, 0.3) is 0 Å². The smallest absolute Gasteiger partial charge is 0.323 e. The normalized spacial score (nSPS) is 39.3. The van der Waals surface area contributed by atoms with Crippen molar-refractivity contribution in [2.45, 2.75) is 94.0 Å². The molecule has 0 aromatic heterocycles. The van der Waals surface area contributed by atoms with Crippen LogP contribution in [0.3, 0.4) is 0 Å². The maximum absolute atomic E-state index is 13.7. The highest BCUT2D eigenvalue weighted by atomic mass is 16.6. The van der Waals surface area contributed by atoms with Gasteiger partial charge >= 0.3 is 5.97 Å². The SMILES string of the molecule is CN(C)[C@@H](CCCN=C(N)N)C(=O)OC12CC3C[C@H](C1)CC([C@H](N)C(=O)N1C4CC4C[C@H]1C#N)(C3)C2. The Balaban J connectivity index is 1.30. The Labute approximate surface area is 213 Å². The van der Waals surface area contributed by atoms with Gasteiger partial charge in [0, 0.05) is 12.6 Å². The molecule has 0 radical (unpaired) electrons. The number of esters is 1. The lowest BCUT2D eigenvalue weighted by Gasteiger charge is -2.62. The van der Waals surface area contributed by atoms with Gasteiger partial charge in [-0.05, 0) is 101 Å². The zero-order valence-electron chi connectivity index (χ0n) is 21.6. The number of nitriles is 1. The highest BCUT2D eigenvalue weighted by Gasteiger charge is 2.64. The second kappa shape index (κ2) is 9.18. The van der Waals surface area contributed by atoms with Crippen molar-refractivity contribution in [1.82, 2.24) is 9.80 Å². The van der Waals surface area contributed by atoms with E-state index in [0.717, 1.165) is 44.9 Å². The number of likely N-dealkylation sites (tertiary alicyclic amines) is 1. The minimum absolute atomic E-state index is 0.0518. The van der Waals surface area contributed by atoms with E-state index in [1.807, 2.05) is 19.0 Å². The number of ether oxygens (including phenoxy) is 1. The molecule has 5 aliphatic carbocycles. The van der Waals surface area contributed by atoms with Gasteiger partial charge < -0.3 is 26.8 Å². The van der Waals surface area contributed by atoms with Crippen molar-refractivity contribution in [3.63, 3.8) is 0 Å². The van der Waals surface area contributed by atoms with Gasteiger partial charge in [0.2, 0.25) is 5.91 Å². The van der Waals surface area contributed by atoms with E-state index < -0.39 is 11.6 Å². The Kier molecular flexibility index (Phi) is 6.44. The molecule has 0 aromatic rings. The number of fused-ring (bicyclic) bond motifs is 1. The third kappa shape index (κ3) is 4.45. The van der Waals surface area contributed by atoms with Gasteiger partial charge in [-0.1, -0.05) is 0 Å². The monoisotopic (exact) mass is 499 g/mol. The molecule has 36 heavy (non-hydrogen) atoms. The lowest BCUT2D eigenvalue weighted by atomic mass is 9.46. The largest absolute Gasteiger partial charge is 0.458 e. The Morgan fingerprint density at radius 1 is 1.17 bits per heavy atom. The summed E-state index contributed by atoms with van der Waals surface area (Å²) in [5.41, 5.74) is 16.7. The number of rotatable bonds is 9. The van der Waals surface area contributed by atoms with Crippen LogP contribution >= 0.6 is 0 Å². The van der Waals surface area contributed by atoms with Crippen molar-refractivity contribution in [2.75, 3.05) is 20.6 Å². The first-order valence-electron chi connectivity index (χ1n) is 13.5. The number of nitrogens with zero attached hydrogens (tertiary/aromatic N) is 4. The van der Waals surface area contributed by atoms with E-state index in [2.05, 4.69) is 11.1 Å². The highest BCUT2D eigenvalue weighted by molar-refractivity contribution is 5.84. The number of carbonyl (C=O) groups excluding carboxylic acids is 2. The quantitative estimate of drug-likeness (QED) is 0.180. The molecule has 6 rings (SSSR count). The minimum atomic E-state index is -0.652. The number of piperidine rings is 1. The topological polar surface area (TPSA) is 164 Å². The number of hydrogen-bond acceptors (Lipinski definition) is 7. The van der Waals surface area contributed by atoms with Crippen LogP contribution in [0.2, 0.25) is 0 Å². The molecule has 198 valence electrons. The molecule has 6 N–H and O–H groups in total. The Bertz CT molecular complexity index is 957. The summed E-state index contributed by atoms with van der Waals surface area (Å²) in [5, 5.41) is 9.62. The first-order valence-corrected chi connectivity index (χ1v) is 13.5. The summed E-state index contributed by atoms with van der Waals surface area (Å²) >= 11 is 0. The van der Waals surface area contributed by atoms with Crippen LogP contribution in [0.5, 0.6) is 0 Å². The maximum Gasteiger partial charge on any atom is 0.323 e. The molecule has 1 saturated heterocycles. The predicted octanol–water partition coefficient (Wildman–Crippen LogP) is 0.693. The van der Waals surface area contributed by atoms with Gasteiger partial charge in [-0.3, -0.25) is 19.5 Å². The molecule has 0 spiro atoms. The summed E-state index contributed by atoms with van der Waals surface area (Å²) in [7, 11) is 3.77. The van der Waals surface area contributed by atoms with Crippen LogP contribution < -0.4 is 17.2 Å². The number of carbonyl (C=O) groups is 2. The predicted molar refractivity (Wildman–Crippen MR) is 134 cm³/mol. The highest BCUT2D eigenvalue weighted by Crippen LogP contribution is 2.64. The molecule has 5 unspecified atom stereocenters. The molecular formula is C26H41N7O3. The van der Waals surface area contributed by atoms with E-state index in [4.69, 9.17) is 21.9 Å². The number of hydrogen-bond donors (Lipinski definition) is 3. The van der Waals surface area contributed by atoms with Gasteiger partial charge in [0.05, 0.1) is 12.1 Å². The molecule has 1 aliphatic heterocycles. The fraction of sp³-hybridized carbons (Fsp3) is 0.846. The lowest BCUT2D eigenvalue weighted by Crippen LogP contribution is -2.66. The summed E-state index contributed by atoms with van der Waals surface area (Å²) in [6.45, 7) is 0.470. The molecular weight excluding hydrogens is 458 g/mol. The van der Waals surface area contributed by atoms with Gasteiger partial charge in [-0.15, -0.1) is 0 Å². The first-order chi connectivity index (χ1) is 17.1. The number of guanidine groups is 1. The second-order valence-electron chi connectivity index (χ2n) is 12.5. The van der Waals surface area contributed by atoms with Crippen LogP contribution in [0.15, 0.2) is 4.99 Å². The Hall–Kier alpha value is -2.38. The number of nitrogens with two attached hydrogens (primary N) is 3. The van der Waals surface area contributed by atoms with Crippen LogP contribution in [-0.4, -0.2) is 78.0 Å². The molecule has 5 saturated carbocycles. The summed E-state index contributed by atoms with van der Waals surface area (Å²) in [4.78, 5) is 34.9. The van der Waals surface area contributed by atoms with Crippen molar-refractivity contribution < 1.29 is 14.3 Å². The zero-order valence-corrected chi connectivity index (χ0v) is 21.6. The van der Waals surface area contributed by atoms with Crippen LogP contribution in [-0.2, 0) is 14.3 Å². The van der Waals surface area contributed by atoms with Gasteiger partial charge in [-0.2, -0.15) is 5.26 Å². The van der Waals surface area contributed by atoms with Crippen molar-refractivity contribution in [3.8, 4) is 6.07 Å². The molecule has 4 bridgehead atoms. The molecule has 0 aromatic carbocycles. The average molecular weight is 500 g/mol. The first kappa shape index (κ1) is 25.3. The molecule has 10 heteroatoms. The van der Waals surface area contributed by atoms with Gasteiger partial charge in [0.1, 0.15) is 17.7 Å². The second-order valence-corrected chi connectivity index (χ2v) is 12.5. The van der Waals surface area contributed by atoms with Crippen LogP contribution in [0.4, 0.5) is 0 Å². The summed E-state index contributed by atoms with van der Waals surface area (Å²) in [5.74, 6) is 1.06. The van der Waals surface area contributed by atoms with E-state index in [-0.39, 0.29) is 41.4 Å². The van der Waals surface area contributed by atoms with E-state index >= 15 is 0 Å². The molecule has 6 fully saturated rings. The summed E-state index contributed by atoms with van der Waals surface area (Å²) in [6, 6.07) is 1.12. The van der Waals surface area contributed by atoms with Crippen LogP contribution in [0.1, 0.15) is 64.2 Å². The van der Waals surface area contributed by atoms with E-state index in [0.29, 0.717) is 43.6 Å². The standard InChI is InChI=1S/C26H41N7O3/c1-32(2)19(4-3-5-31-24(29)30)23(35)36-26-11-15-6-16(12-26)10-25(9-15,14-26)21(28)22(34)33-18(13-27)7-17-8-20(17)33/h15-21H,3-12,14,28H2,1-2H3,(H4,29,30,31)/t15-,16?,17?,18-,19-,20?,21+,25?,26?/m0/s1. The maximum atomic E-state index is 13.7. The minimum Gasteiger partial charge on any atom is -0.458 e. The van der Waals surface area contributed by atoms with E-state index in [9.17, 15) is 14.9 Å². The Morgan fingerprint density at radius 2 is 1.86 bits per heavy atom. The number of amides is 1. The molecule has 6 aliphatic rings. The van der Waals surface area contributed by atoms with E-state index in [1.165, 1.54) is 0 Å². The van der Waals surface area contributed by atoms with Gasteiger partial charge in [0.15, 0.2) is 5.96 Å². The Morgan fingerprint density at radius 3 is 2.47 bits per heavy atom. The fourth-order valence-electron chi connectivity index (χ4n) is 8.40. The van der Waals surface area contributed by atoms with Crippen molar-refractivity contribution >= 4 is 17.8 Å². The van der Waals surface area contributed by atoms with Crippen molar-refractivity contribution in [3.05, 3.63) is 0 Å². The molecule has 1 amide bonds. The molecule has 1 heterocycles. The van der Waals surface area contributed by atoms with Crippen LogP contribution in [0, 0.1) is 34.5 Å². The third-order valence-corrected chi connectivity index (χ3v) is 9.63. The van der Waals surface area contributed by atoms with E-state index in [1.54, 1.807) is 4.90 Å². The molecule has 9 atom stereocenters. The van der Waals surface area contributed by atoms with Crippen LogP contribution in [0.25, 0.3) is 0 Å². The zero-order chi connectivity index (χ0) is 25.8. The average Bonchev–Trinajstić information content (AvgIpc) is 3.45. The molecule has 10 nitrogen and oxygen atoms in total. The number of aliphatic imine (C=N–C) groups is 1. The third-order valence-electron chi connectivity index (χ3n) is 9.63. The van der Waals surface area contributed by atoms with Crippen molar-refractivity contribution in [1.29, 1.82) is 5.26 Å². The fourth-order valence-corrected chi connectivity index (χ4v) is 8.40. The summed E-state index contributed by atoms with van der Waals surface area (Å²) in [6.07, 6.45) is 8.31.